The molecule has 0 saturated carbocycles. The van der Waals surface area contributed by atoms with Crippen LogP contribution in [0.15, 0.2) is 54.9 Å². The Morgan fingerprint density at radius 2 is 1.88 bits per heavy atom. The third-order valence-corrected chi connectivity index (χ3v) is 5.91. The van der Waals surface area contributed by atoms with Crippen LogP contribution in [-0.2, 0) is 6.54 Å². The zero-order valence-corrected chi connectivity index (χ0v) is 17.9. The van der Waals surface area contributed by atoms with Gasteiger partial charge in [0.15, 0.2) is 17.0 Å². The SMILES string of the molecule is Cc1cccc(-n2cnc3c(NCc4nc5ccccc5[nH]4)nc(N4CCCC4)nc32)c1. The molecule has 1 aliphatic heterocycles. The van der Waals surface area contributed by atoms with E-state index in [9.17, 15) is 0 Å². The van der Waals surface area contributed by atoms with Gasteiger partial charge in [0, 0.05) is 18.8 Å². The molecule has 0 radical (unpaired) electrons. The Morgan fingerprint density at radius 1 is 1.00 bits per heavy atom. The first-order valence-electron chi connectivity index (χ1n) is 11.0. The predicted molar refractivity (Wildman–Crippen MR) is 126 cm³/mol. The van der Waals surface area contributed by atoms with E-state index in [1.165, 1.54) is 18.4 Å². The lowest BCUT2D eigenvalue weighted by atomic mass is 10.2. The topological polar surface area (TPSA) is 87.5 Å². The Hall–Kier alpha value is -3.94. The summed E-state index contributed by atoms with van der Waals surface area (Å²) in [7, 11) is 0. The van der Waals surface area contributed by atoms with Gasteiger partial charge in [-0.3, -0.25) is 4.57 Å². The number of fused-ring (bicyclic) bond motifs is 2. The molecule has 6 rings (SSSR count). The van der Waals surface area contributed by atoms with Gasteiger partial charge in [-0.1, -0.05) is 24.3 Å². The van der Waals surface area contributed by atoms with E-state index in [4.69, 9.17) is 9.97 Å². The largest absolute Gasteiger partial charge is 0.361 e. The lowest BCUT2D eigenvalue weighted by Crippen LogP contribution is -2.21. The van der Waals surface area contributed by atoms with Crippen LogP contribution >= 0.6 is 0 Å². The molecule has 5 aromatic rings. The summed E-state index contributed by atoms with van der Waals surface area (Å²) in [6, 6.07) is 16.4. The number of rotatable bonds is 5. The molecule has 2 N–H and O–H groups in total. The standard InChI is InChI=1S/C24H24N8/c1-16-7-6-8-17(13-16)32-15-26-21-22(29-24(30-23(21)32)31-11-4-5-12-31)25-14-20-27-18-9-2-3-10-19(18)28-20/h2-3,6-10,13,15H,4-5,11-12,14H2,1H3,(H,27,28)(H,25,29,30). The quantitative estimate of drug-likeness (QED) is 0.439. The number of imidazole rings is 2. The van der Waals surface area contributed by atoms with Gasteiger partial charge in [-0.05, 0) is 49.6 Å². The fraction of sp³-hybridized carbons (Fsp3) is 0.250. The van der Waals surface area contributed by atoms with Crippen molar-refractivity contribution < 1.29 is 0 Å². The van der Waals surface area contributed by atoms with Crippen LogP contribution in [0, 0.1) is 6.92 Å². The molecule has 0 atom stereocenters. The van der Waals surface area contributed by atoms with Crippen molar-refractivity contribution in [2.24, 2.45) is 0 Å². The molecule has 4 heterocycles. The van der Waals surface area contributed by atoms with E-state index in [0.29, 0.717) is 6.54 Å². The Labute approximate surface area is 185 Å². The smallest absolute Gasteiger partial charge is 0.229 e. The molecule has 2 aromatic carbocycles. The second kappa shape index (κ2) is 7.64. The highest BCUT2D eigenvalue weighted by Gasteiger charge is 2.20. The van der Waals surface area contributed by atoms with E-state index in [1.54, 1.807) is 0 Å². The fourth-order valence-electron chi connectivity index (χ4n) is 4.29. The van der Waals surface area contributed by atoms with Gasteiger partial charge in [-0.2, -0.15) is 9.97 Å². The molecule has 0 aliphatic carbocycles. The summed E-state index contributed by atoms with van der Waals surface area (Å²) in [5, 5.41) is 3.46. The maximum Gasteiger partial charge on any atom is 0.229 e. The van der Waals surface area contributed by atoms with Gasteiger partial charge < -0.3 is 15.2 Å². The maximum atomic E-state index is 4.93. The van der Waals surface area contributed by atoms with Crippen LogP contribution in [0.4, 0.5) is 11.8 Å². The first kappa shape index (κ1) is 18.8. The minimum Gasteiger partial charge on any atom is -0.361 e. The van der Waals surface area contributed by atoms with E-state index in [1.807, 2.05) is 35.2 Å². The Balaban J connectivity index is 1.41. The van der Waals surface area contributed by atoms with Gasteiger partial charge in [0.2, 0.25) is 5.95 Å². The first-order valence-corrected chi connectivity index (χ1v) is 11.0. The summed E-state index contributed by atoms with van der Waals surface area (Å²) in [4.78, 5) is 24.8. The van der Waals surface area contributed by atoms with Crippen LogP contribution in [0.1, 0.15) is 24.2 Å². The third kappa shape index (κ3) is 3.33. The van der Waals surface area contributed by atoms with E-state index < -0.39 is 0 Å². The van der Waals surface area contributed by atoms with Gasteiger partial charge in [-0.25, -0.2) is 9.97 Å². The molecule has 0 bridgehead atoms. The van der Waals surface area contributed by atoms with Crippen molar-refractivity contribution in [1.82, 2.24) is 29.5 Å². The summed E-state index contributed by atoms with van der Waals surface area (Å²) >= 11 is 0. The third-order valence-electron chi connectivity index (χ3n) is 5.91. The number of aromatic amines is 1. The molecular formula is C24H24N8. The molecule has 160 valence electrons. The Bertz CT molecular complexity index is 1380. The molecule has 1 aliphatic rings. The van der Waals surface area contributed by atoms with Crippen molar-refractivity contribution in [2.45, 2.75) is 26.3 Å². The molecule has 8 nitrogen and oxygen atoms in total. The van der Waals surface area contributed by atoms with Crippen LogP contribution in [-0.4, -0.2) is 42.6 Å². The second-order valence-electron chi connectivity index (χ2n) is 8.25. The van der Waals surface area contributed by atoms with Crippen molar-refractivity contribution >= 4 is 34.0 Å². The van der Waals surface area contributed by atoms with E-state index in [2.05, 4.69) is 56.4 Å². The van der Waals surface area contributed by atoms with Gasteiger partial charge in [0.1, 0.15) is 12.2 Å². The van der Waals surface area contributed by atoms with Crippen LogP contribution in [0.5, 0.6) is 0 Å². The number of aromatic nitrogens is 6. The molecule has 32 heavy (non-hydrogen) atoms. The predicted octanol–water partition coefficient (Wildman–Crippen LogP) is 4.21. The van der Waals surface area contributed by atoms with Crippen LogP contribution in [0.2, 0.25) is 0 Å². The van der Waals surface area contributed by atoms with Gasteiger partial charge in [-0.15, -0.1) is 0 Å². The molecule has 3 aromatic heterocycles. The summed E-state index contributed by atoms with van der Waals surface area (Å²) in [5.41, 5.74) is 5.78. The zero-order valence-electron chi connectivity index (χ0n) is 17.9. The molecule has 0 amide bonds. The summed E-state index contributed by atoms with van der Waals surface area (Å²) < 4.78 is 2.04. The number of para-hydroxylation sites is 2. The van der Waals surface area contributed by atoms with Crippen molar-refractivity contribution in [3.8, 4) is 5.69 Å². The molecule has 1 saturated heterocycles. The number of hydrogen-bond donors (Lipinski definition) is 2. The van der Waals surface area contributed by atoms with Gasteiger partial charge in [0.25, 0.3) is 0 Å². The zero-order chi connectivity index (χ0) is 21.5. The van der Waals surface area contributed by atoms with Crippen LogP contribution < -0.4 is 10.2 Å². The lowest BCUT2D eigenvalue weighted by molar-refractivity contribution is 0.897. The van der Waals surface area contributed by atoms with Crippen LogP contribution in [0.3, 0.4) is 0 Å². The lowest BCUT2D eigenvalue weighted by Gasteiger charge is -2.17. The normalized spacial score (nSPS) is 14.0. The average molecular weight is 425 g/mol. The second-order valence-corrected chi connectivity index (χ2v) is 8.25. The number of H-pyrrole nitrogens is 1. The molecule has 8 heteroatoms. The van der Waals surface area contributed by atoms with Crippen molar-refractivity contribution in [3.05, 3.63) is 66.2 Å². The Kier molecular flexibility index (Phi) is 4.49. The number of benzene rings is 2. The summed E-state index contributed by atoms with van der Waals surface area (Å²) in [6.45, 7) is 4.57. The monoisotopic (exact) mass is 424 g/mol. The highest BCUT2D eigenvalue weighted by Crippen LogP contribution is 2.27. The highest BCUT2D eigenvalue weighted by molar-refractivity contribution is 5.85. The number of nitrogens with zero attached hydrogens (tertiary/aromatic N) is 6. The fourth-order valence-corrected chi connectivity index (χ4v) is 4.29. The number of anilines is 2. The molecule has 1 fully saturated rings. The minimum absolute atomic E-state index is 0.525. The number of nitrogens with one attached hydrogen (secondary N) is 2. The molecule has 0 unspecified atom stereocenters. The number of aryl methyl sites for hydroxylation is 1. The van der Waals surface area contributed by atoms with E-state index in [-0.39, 0.29) is 0 Å². The maximum absolute atomic E-state index is 4.93. The van der Waals surface area contributed by atoms with Crippen molar-refractivity contribution in [1.29, 1.82) is 0 Å². The average Bonchev–Trinajstić information content (AvgIpc) is 3.56. The van der Waals surface area contributed by atoms with Crippen LogP contribution in [0.25, 0.3) is 27.9 Å². The highest BCUT2D eigenvalue weighted by atomic mass is 15.3. The summed E-state index contributed by atoms with van der Waals surface area (Å²) in [5.74, 6) is 2.33. The van der Waals surface area contributed by atoms with Crippen molar-refractivity contribution in [3.63, 3.8) is 0 Å². The number of hydrogen-bond acceptors (Lipinski definition) is 6. The molecule has 0 spiro atoms. The Morgan fingerprint density at radius 3 is 2.72 bits per heavy atom. The van der Waals surface area contributed by atoms with Crippen molar-refractivity contribution in [2.75, 3.05) is 23.3 Å². The first-order chi connectivity index (χ1) is 15.7. The summed E-state index contributed by atoms with van der Waals surface area (Å²) in [6.07, 6.45) is 4.16. The molecular weight excluding hydrogens is 400 g/mol. The van der Waals surface area contributed by atoms with Gasteiger partial charge in [0.05, 0.1) is 17.6 Å². The van der Waals surface area contributed by atoms with E-state index >= 15 is 0 Å². The van der Waals surface area contributed by atoms with Gasteiger partial charge >= 0.3 is 0 Å². The minimum atomic E-state index is 0.525. The van der Waals surface area contributed by atoms with E-state index in [0.717, 1.165) is 58.6 Å².